The second-order valence-corrected chi connectivity index (χ2v) is 7.13. The number of aromatic nitrogens is 3. The van der Waals surface area contributed by atoms with Gasteiger partial charge in [0.1, 0.15) is 5.65 Å². The SMILES string of the molecule is Cc1cccc(CCNCc2cc3c(C)nn(-c4ccccc4)c3[nH]c2=O)c1. The summed E-state index contributed by atoms with van der Waals surface area (Å²) in [5, 5.41) is 8.97. The van der Waals surface area contributed by atoms with Crippen LogP contribution in [0, 0.1) is 13.8 Å². The van der Waals surface area contributed by atoms with Crippen molar-refractivity contribution in [1.82, 2.24) is 20.1 Å². The van der Waals surface area contributed by atoms with E-state index in [9.17, 15) is 4.79 Å². The average Bonchev–Trinajstić information content (AvgIpc) is 3.01. The predicted molar refractivity (Wildman–Crippen MR) is 113 cm³/mol. The van der Waals surface area contributed by atoms with Crippen LogP contribution in [-0.4, -0.2) is 21.3 Å². The van der Waals surface area contributed by atoms with Gasteiger partial charge >= 0.3 is 0 Å². The van der Waals surface area contributed by atoms with Gasteiger partial charge in [-0.25, -0.2) is 4.68 Å². The first-order chi connectivity index (χ1) is 13.6. The molecule has 0 unspecified atom stereocenters. The molecule has 0 radical (unpaired) electrons. The Bertz CT molecular complexity index is 1160. The number of rotatable bonds is 6. The highest BCUT2D eigenvalue weighted by atomic mass is 16.1. The maximum atomic E-state index is 12.6. The highest BCUT2D eigenvalue weighted by Crippen LogP contribution is 2.19. The fourth-order valence-electron chi connectivity index (χ4n) is 3.47. The molecule has 0 bridgehead atoms. The molecule has 5 heteroatoms. The maximum absolute atomic E-state index is 12.6. The normalized spacial score (nSPS) is 11.2. The number of pyridine rings is 1. The number of H-pyrrole nitrogens is 1. The summed E-state index contributed by atoms with van der Waals surface area (Å²) >= 11 is 0. The lowest BCUT2D eigenvalue weighted by Gasteiger charge is -2.07. The summed E-state index contributed by atoms with van der Waals surface area (Å²) in [5.41, 5.74) is 5.79. The minimum atomic E-state index is -0.0763. The average molecular weight is 372 g/mol. The minimum Gasteiger partial charge on any atom is -0.312 e. The smallest absolute Gasteiger partial charge is 0.254 e. The monoisotopic (exact) mass is 372 g/mol. The van der Waals surface area contributed by atoms with Crippen molar-refractivity contribution in [2.75, 3.05) is 6.54 Å². The molecule has 5 nitrogen and oxygen atoms in total. The molecule has 2 N–H and O–H groups in total. The molecule has 0 amide bonds. The molecule has 0 atom stereocenters. The third-order valence-corrected chi connectivity index (χ3v) is 4.94. The van der Waals surface area contributed by atoms with Crippen LogP contribution in [0.1, 0.15) is 22.4 Å². The zero-order chi connectivity index (χ0) is 19.5. The molecule has 4 aromatic rings. The summed E-state index contributed by atoms with van der Waals surface area (Å²) in [4.78, 5) is 15.6. The van der Waals surface area contributed by atoms with E-state index in [-0.39, 0.29) is 5.56 Å². The zero-order valence-electron chi connectivity index (χ0n) is 16.2. The molecule has 0 spiro atoms. The van der Waals surface area contributed by atoms with E-state index in [2.05, 4.69) is 46.6 Å². The van der Waals surface area contributed by atoms with Gasteiger partial charge in [-0.2, -0.15) is 5.10 Å². The Hall–Kier alpha value is -3.18. The second kappa shape index (κ2) is 7.82. The van der Waals surface area contributed by atoms with E-state index in [1.165, 1.54) is 11.1 Å². The molecule has 0 aliphatic heterocycles. The Morgan fingerprint density at radius 3 is 2.64 bits per heavy atom. The minimum absolute atomic E-state index is 0.0763. The first-order valence-electron chi connectivity index (χ1n) is 9.55. The zero-order valence-corrected chi connectivity index (χ0v) is 16.2. The summed E-state index contributed by atoms with van der Waals surface area (Å²) in [6.07, 6.45) is 0.937. The Kier molecular flexibility index (Phi) is 5.08. The standard InChI is InChI=1S/C23H24N4O/c1-16-7-6-8-18(13-16)11-12-24-15-19-14-21-17(2)26-27(22(21)25-23(19)28)20-9-4-3-5-10-20/h3-10,13-14,24H,11-12,15H2,1-2H3,(H,25,28). The second-order valence-electron chi connectivity index (χ2n) is 7.13. The number of fused-ring (bicyclic) bond motifs is 1. The fraction of sp³-hybridized carbons (Fsp3) is 0.217. The van der Waals surface area contributed by atoms with Crippen molar-refractivity contribution in [1.29, 1.82) is 0 Å². The van der Waals surface area contributed by atoms with Gasteiger partial charge in [-0.1, -0.05) is 48.0 Å². The van der Waals surface area contributed by atoms with Gasteiger partial charge in [0.05, 0.1) is 11.4 Å². The lowest BCUT2D eigenvalue weighted by atomic mass is 10.1. The van der Waals surface area contributed by atoms with Crippen LogP contribution in [0.2, 0.25) is 0 Å². The van der Waals surface area contributed by atoms with Crippen molar-refractivity contribution in [2.24, 2.45) is 0 Å². The molecule has 4 rings (SSSR count). The highest BCUT2D eigenvalue weighted by molar-refractivity contribution is 5.80. The predicted octanol–water partition coefficient (Wildman–Crippen LogP) is 3.66. The van der Waals surface area contributed by atoms with Gasteiger partial charge in [0.15, 0.2) is 0 Å². The summed E-state index contributed by atoms with van der Waals surface area (Å²) in [7, 11) is 0. The number of para-hydroxylation sites is 1. The molecule has 0 saturated heterocycles. The number of nitrogens with zero attached hydrogens (tertiary/aromatic N) is 2. The molecule has 2 aromatic heterocycles. The molecule has 0 aliphatic carbocycles. The molecule has 2 aromatic carbocycles. The van der Waals surface area contributed by atoms with E-state index >= 15 is 0 Å². The molecule has 28 heavy (non-hydrogen) atoms. The van der Waals surface area contributed by atoms with Gasteiger partial charge in [0.25, 0.3) is 5.56 Å². The Balaban J connectivity index is 1.52. The van der Waals surface area contributed by atoms with Crippen molar-refractivity contribution in [2.45, 2.75) is 26.8 Å². The van der Waals surface area contributed by atoms with E-state index in [4.69, 9.17) is 0 Å². The fourth-order valence-corrected chi connectivity index (χ4v) is 3.47. The van der Waals surface area contributed by atoms with Crippen LogP contribution in [0.3, 0.4) is 0 Å². The molecule has 0 saturated carbocycles. The van der Waals surface area contributed by atoms with Crippen LogP contribution in [0.15, 0.2) is 65.5 Å². The van der Waals surface area contributed by atoms with E-state index in [0.29, 0.717) is 6.54 Å². The quantitative estimate of drug-likeness (QED) is 0.508. The molecular weight excluding hydrogens is 348 g/mol. The maximum Gasteiger partial charge on any atom is 0.254 e. The molecule has 2 heterocycles. The number of hydrogen-bond donors (Lipinski definition) is 2. The van der Waals surface area contributed by atoms with Crippen LogP contribution in [0.4, 0.5) is 0 Å². The summed E-state index contributed by atoms with van der Waals surface area (Å²) in [6.45, 7) is 5.43. The molecule has 0 aliphatic rings. The van der Waals surface area contributed by atoms with Crippen molar-refractivity contribution >= 4 is 11.0 Å². The Morgan fingerprint density at radius 2 is 1.86 bits per heavy atom. The van der Waals surface area contributed by atoms with Crippen molar-refractivity contribution < 1.29 is 0 Å². The van der Waals surface area contributed by atoms with Gasteiger partial charge in [-0.05, 0) is 50.6 Å². The van der Waals surface area contributed by atoms with E-state index in [1.807, 2.05) is 43.3 Å². The summed E-state index contributed by atoms with van der Waals surface area (Å²) in [6, 6.07) is 20.3. The van der Waals surface area contributed by atoms with Crippen molar-refractivity contribution in [3.8, 4) is 5.69 Å². The summed E-state index contributed by atoms with van der Waals surface area (Å²) in [5.74, 6) is 0. The van der Waals surface area contributed by atoms with Crippen LogP contribution in [0.25, 0.3) is 16.7 Å². The van der Waals surface area contributed by atoms with E-state index in [1.54, 1.807) is 4.68 Å². The largest absolute Gasteiger partial charge is 0.312 e. The van der Waals surface area contributed by atoms with Gasteiger partial charge in [-0.15, -0.1) is 0 Å². The Labute approximate surface area is 164 Å². The van der Waals surface area contributed by atoms with Crippen molar-refractivity contribution in [3.05, 3.63) is 93.4 Å². The van der Waals surface area contributed by atoms with Crippen LogP contribution >= 0.6 is 0 Å². The van der Waals surface area contributed by atoms with Gasteiger partial charge < -0.3 is 10.3 Å². The lowest BCUT2D eigenvalue weighted by molar-refractivity contribution is 0.682. The lowest BCUT2D eigenvalue weighted by Crippen LogP contribution is -2.23. The van der Waals surface area contributed by atoms with E-state index in [0.717, 1.165) is 40.9 Å². The van der Waals surface area contributed by atoms with Gasteiger partial charge in [0.2, 0.25) is 0 Å². The highest BCUT2D eigenvalue weighted by Gasteiger charge is 2.12. The molecular formula is C23H24N4O. The first kappa shape index (κ1) is 18.2. The number of nitrogens with one attached hydrogen (secondary N) is 2. The van der Waals surface area contributed by atoms with Gasteiger partial charge in [0, 0.05) is 17.5 Å². The number of hydrogen-bond acceptors (Lipinski definition) is 3. The van der Waals surface area contributed by atoms with Crippen LogP contribution < -0.4 is 10.9 Å². The topological polar surface area (TPSA) is 62.7 Å². The number of benzene rings is 2. The third kappa shape index (κ3) is 3.75. The molecule has 0 fully saturated rings. The van der Waals surface area contributed by atoms with Crippen LogP contribution in [-0.2, 0) is 13.0 Å². The van der Waals surface area contributed by atoms with Crippen LogP contribution in [0.5, 0.6) is 0 Å². The summed E-state index contributed by atoms with van der Waals surface area (Å²) < 4.78 is 1.79. The first-order valence-corrected chi connectivity index (χ1v) is 9.55. The molecule has 142 valence electrons. The number of aryl methyl sites for hydroxylation is 2. The third-order valence-electron chi connectivity index (χ3n) is 4.94. The van der Waals surface area contributed by atoms with Crippen molar-refractivity contribution in [3.63, 3.8) is 0 Å². The van der Waals surface area contributed by atoms with E-state index < -0.39 is 0 Å². The van der Waals surface area contributed by atoms with Gasteiger partial charge in [-0.3, -0.25) is 4.79 Å². The Morgan fingerprint density at radius 1 is 1.04 bits per heavy atom. The number of aromatic amines is 1.